The fraction of sp³-hybridized carbons (Fsp3) is 0.625. The summed E-state index contributed by atoms with van der Waals surface area (Å²) < 4.78 is 7.43. The number of aryl methyl sites for hydroxylation is 1. The summed E-state index contributed by atoms with van der Waals surface area (Å²) in [6, 6.07) is 1.89. The summed E-state index contributed by atoms with van der Waals surface area (Å²) >= 11 is 1.45. The molecule has 0 aromatic carbocycles. The zero-order valence-electron chi connectivity index (χ0n) is 13.8. The standard InChI is InChI=1S/C16H23N3O3S/c1-10(2)9-19-16-12(11(3)17-19)8-13(23-16)15(20)18-22-14-6-4-5-7-21-14/h8,10,14H,4-7,9H2,1-3H3,(H,18,20)/t14-/m1/s1. The van der Waals surface area contributed by atoms with Crippen molar-refractivity contribution < 1.29 is 14.4 Å². The van der Waals surface area contributed by atoms with Gasteiger partial charge in [-0.25, -0.2) is 10.3 Å². The summed E-state index contributed by atoms with van der Waals surface area (Å²) in [5.74, 6) is 0.277. The predicted octanol–water partition coefficient (Wildman–Crippen LogP) is 3.25. The quantitative estimate of drug-likeness (QED) is 0.851. The summed E-state index contributed by atoms with van der Waals surface area (Å²) in [5, 5.41) is 5.59. The second-order valence-corrected chi connectivity index (χ2v) is 7.37. The SMILES string of the molecule is Cc1nn(CC(C)C)c2sc(C(=O)NO[C@@H]3CCCCO3)cc12. The van der Waals surface area contributed by atoms with E-state index in [1.807, 2.05) is 17.7 Å². The van der Waals surface area contributed by atoms with Crippen LogP contribution in [0.2, 0.25) is 0 Å². The average molecular weight is 337 g/mol. The number of nitrogens with one attached hydrogen (secondary N) is 1. The van der Waals surface area contributed by atoms with Gasteiger partial charge in [0.25, 0.3) is 5.91 Å². The van der Waals surface area contributed by atoms with E-state index >= 15 is 0 Å². The van der Waals surface area contributed by atoms with Crippen LogP contribution in [-0.2, 0) is 16.1 Å². The molecule has 0 spiro atoms. The van der Waals surface area contributed by atoms with Crippen LogP contribution in [0, 0.1) is 12.8 Å². The zero-order valence-corrected chi connectivity index (χ0v) is 14.6. The smallest absolute Gasteiger partial charge is 0.285 e. The molecule has 1 aliphatic heterocycles. The van der Waals surface area contributed by atoms with Crippen LogP contribution >= 0.6 is 11.3 Å². The van der Waals surface area contributed by atoms with Crippen molar-refractivity contribution in [3.63, 3.8) is 0 Å². The molecule has 0 radical (unpaired) electrons. The number of thiophene rings is 1. The molecule has 0 saturated carbocycles. The fourth-order valence-electron chi connectivity index (χ4n) is 2.67. The molecule has 1 fully saturated rings. The van der Waals surface area contributed by atoms with Crippen LogP contribution in [0.1, 0.15) is 48.5 Å². The van der Waals surface area contributed by atoms with Crippen LogP contribution in [0.5, 0.6) is 0 Å². The Morgan fingerprint density at radius 1 is 1.57 bits per heavy atom. The maximum atomic E-state index is 12.3. The molecular formula is C16H23N3O3S. The molecule has 1 aliphatic rings. The molecule has 2 aromatic heterocycles. The highest BCUT2D eigenvalue weighted by Crippen LogP contribution is 2.29. The van der Waals surface area contributed by atoms with Crippen molar-refractivity contribution in [2.75, 3.05) is 6.61 Å². The Morgan fingerprint density at radius 3 is 3.09 bits per heavy atom. The second kappa shape index (κ2) is 6.98. The lowest BCUT2D eigenvalue weighted by Gasteiger charge is -2.21. The van der Waals surface area contributed by atoms with E-state index < -0.39 is 0 Å². The van der Waals surface area contributed by atoms with Gasteiger partial charge in [-0.05, 0) is 31.7 Å². The number of carbonyl (C=O) groups is 1. The van der Waals surface area contributed by atoms with Gasteiger partial charge in [0, 0.05) is 25.0 Å². The minimum Gasteiger partial charge on any atom is -0.350 e. The van der Waals surface area contributed by atoms with Crippen molar-refractivity contribution in [1.82, 2.24) is 15.3 Å². The van der Waals surface area contributed by atoms with Crippen molar-refractivity contribution in [2.45, 2.75) is 52.9 Å². The van der Waals surface area contributed by atoms with Crippen LogP contribution in [0.15, 0.2) is 6.07 Å². The highest BCUT2D eigenvalue weighted by Gasteiger charge is 2.19. The third-order valence-corrected chi connectivity index (χ3v) is 4.94. The van der Waals surface area contributed by atoms with Gasteiger partial charge in [-0.3, -0.25) is 9.48 Å². The normalized spacial score (nSPS) is 18.7. The summed E-state index contributed by atoms with van der Waals surface area (Å²) in [5.41, 5.74) is 3.47. The summed E-state index contributed by atoms with van der Waals surface area (Å²) in [4.78, 5) is 19.3. The van der Waals surface area contributed by atoms with Crippen LogP contribution in [0.4, 0.5) is 0 Å². The summed E-state index contributed by atoms with van der Waals surface area (Å²) in [7, 11) is 0. The number of hydroxylamine groups is 1. The molecule has 1 N–H and O–H groups in total. The van der Waals surface area contributed by atoms with Crippen molar-refractivity contribution in [1.29, 1.82) is 0 Å². The zero-order chi connectivity index (χ0) is 16.4. The maximum Gasteiger partial charge on any atom is 0.285 e. The number of hydrogen-bond acceptors (Lipinski definition) is 5. The molecule has 126 valence electrons. The molecule has 2 aromatic rings. The first-order valence-electron chi connectivity index (χ1n) is 8.09. The number of nitrogens with zero attached hydrogens (tertiary/aromatic N) is 2. The Kier molecular flexibility index (Phi) is 4.99. The molecule has 1 atom stereocenters. The van der Waals surface area contributed by atoms with E-state index in [2.05, 4.69) is 24.4 Å². The number of fused-ring (bicyclic) bond motifs is 1. The maximum absolute atomic E-state index is 12.3. The Labute approximate surface area is 139 Å². The van der Waals surface area contributed by atoms with Crippen LogP contribution in [0.25, 0.3) is 10.2 Å². The van der Waals surface area contributed by atoms with Crippen LogP contribution < -0.4 is 5.48 Å². The lowest BCUT2D eigenvalue weighted by molar-refractivity contribution is -0.186. The van der Waals surface area contributed by atoms with Gasteiger partial charge < -0.3 is 4.74 Å². The van der Waals surface area contributed by atoms with Gasteiger partial charge in [-0.2, -0.15) is 5.10 Å². The van der Waals surface area contributed by atoms with Crippen molar-refractivity contribution in [2.24, 2.45) is 5.92 Å². The number of hydrogen-bond donors (Lipinski definition) is 1. The molecule has 0 aliphatic carbocycles. The van der Waals surface area contributed by atoms with Crippen LogP contribution in [-0.4, -0.2) is 28.6 Å². The number of aromatic nitrogens is 2. The van der Waals surface area contributed by atoms with E-state index in [1.165, 1.54) is 11.3 Å². The Morgan fingerprint density at radius 2 is 2.39 bits per heavy atom. The third-order valence-electron chi connectivity index (χ3n) is 3.79. The Balaban J connectivity index is 1.70. The van der Waals surface area contributed by atoms with E-state index in [0.717, 1.165) is 41.7 Å². The highest BCUT2D eigenvalue weighted by atomic mass is 32.1. The number of rotatable bonds is 5. The van der Waals surface area contributed by atoms with Crippen molar-refractivity contribution in [3.8, 4) is 0 Å². The van der Waals surface area contributed by atoms with E-state index in [1.54, 1.807) is 0 Å². The summed E-state index contributed by atoms with van der Waals surface area (Å²) in [6.45, 7) is 7.82. The number of ether oxygens (including phenoxy) is 1. The lowest BCUT2D eigenvalue weighted by atomic mass is 10.2. The predicted molar refractivity (Wildman–Crippen MR) is 89.3 cm³/mol. The first-order chi connectivity index (χ1) is 11.0. The minimum atomic E-state index is -0.333. The number of amides is 1. The van der Waals surface area contributed by atoms with Crippen molar-refractivity contribution in [3.05, 3.63) is 16.6 Å². The van der Waals surface area contributed by atoms with Crippen LogP contribution in [0.3, 0.4) is 0 Å². The fourth-order valence-corrected chi connectivity index (χ4v) is 3.72. The lowest BCUT2D eigenvalue weighted by Crippen LogP contribution is -2.32. The monoisotopic (exact) mass is 337 g/mol. The van der Waals surface area contributed by atoms with Gasteiger partial charge in [-0.1, -0.05) is 13.8 Å². The summed E-state index contributed by atoms with van der Waals surface area (Å²) in [6.07, 6.45) is 2.60. The Hall–Kier alpha value is -1.44. The highest BCUT2D eigenvalue weighted by molar-refractivity contribution is 7.20. The van der Waals surface area contributed by atoms with Gasteiger partial charge in [0.15, 0.2) is 6.29 Å². The first kappa shape index (κ1) is 16.4. The molecule has 1 amide bonds. The number of carbonyl (C=O) groups excluding carboxylic acids is 1. The molecular weight excluding hydrogens is 314 g/mol. The average Bonchev–Trinajstić information content (AvgIpc) is 3.08. The van der Waals surface area contributed by atoms with E-state index in [-0.39, 0.29) is 12.2 Å². The molecule has 0 unspecified atom stereocenters. The first-order valence-corrected chi connectivity index (χ1v) is 8.91. The minimum absolute atomic E-state index is 0.226. The van der Waals surface area contributed by atoms with Gasteiger partial charge in [0.2, 0.25) is 0 Å². The molecule has 7 heteroatoms. The molecule has 3 heterocycles. The molecule has 0 bridgehead atoms. The topological polar surface area (TPSA) is 65.4 Å². The van der Waals surface area contributed by atoms with Crippen molar-refractivity contribution >= 4 is 27.5 Å². The molecule has 3 rings (SSSR count). The van der Waals surface area contributed by atoms with Gasteiger partial charge in [0.1, 0.15) is 4.83 Å². The van der Waals surface area contributed by atoms with E-state index in [9.17, 15) is 4.79 Å². The third kappa shape index (κ3) is 3.73. The van der Waals surface area contributed by atoms with Gasteiger partial charge in [0.05, 0.1) is 10.6 Å². The van der Waals surface area contributed by atoms with E-state index in [0.29, 0.717) is 17.4 Å². The van der Waals surface area contributed by atoms with Gasteiger partial charge in [-0.15, -0.1) is 11.3 Å². The molecule has 6 nitrogen and oxygen atoms in total. The Bertz CT molecular complexity index is 686. The molecule has 23 heavy (non-hydrogen) atoms. The van der Waals surface area contributed by atoms with Gasteiger partial charge >= 0.3 is 0 Å². The largest absolute Gasteiger partial charge is 0.350 e. The molecule has 1 saturated heterocycles. The van der Waals surface area contributed by atoms with E-state index in [4.69, 9.17) is 9.57 Å². The second-order valence-electron chi connectivity index (χ2n) is 6.34.